The Kier molecular flexibility index (Phi) is 5.04. The van der Waals surface area contributed by atoms with Crippen LogP contribution >= 0.6 is 0 Å². The largest absolute Gasteiger partial charge is 0.354 e. The van der Waals surface area contributed by atoms with E-state index >= 15 is 0 Å². The Bertz CT molecular complexity index is 624. The highest BCUT2D eigenvalue weighted by atomic mass is 19.1. The van der Waals surface area contributed by atoms with E-state index in [1.807, 2.05) is 37.3 Å². The molecule has 0 saturated heterocycles. The van der Waals surface area contributed by atoms with Gasteiger partial charge >= 0.3 is 0 Å². The average Bonchev–Trinajstić information content (AvgIpc) is 2.52. The first-order valence-corrected chi connectivity index (χ1v) is 6.72. The highest BCUT2D eigenvalue weighted by molar-refractivity contribution is 5.61. The Labute approximate surface area is 123 Å². The van der Waals surface area contributed by atoms with Crippen LogP contribution in [0.4, 0.5) is 21.8 Å². The van der Waals surface area contributed by atoms with Crippen LogP contribution in [0.15, 0.2) is 36.5 Å². The summed E-state index contributed by atoms with van der Waals surface area (Å²) < 4.78 is 14.1. The third-order valence-electron chi connectivity index (χ3n) is 2.83. The summed E-state index contributed by atoms with van der Waals surface area (Å²) in [7, 11) is 0. The maximum absolute atomic E-state index is 14.1. The van der Waals surface area contributed by atoms with Gasteiger partial charge in [0.05, 0.1) is 18.7 Å². The maximum Gasteiger partial charge on any atom is 0.224 e. The van der Waals surface area contributed by atoms with E-state index < -0.39 is 5.82 Å². The van der Waals surface area contributed by atoms with E-state index in [1.54, 1.807) is 4.90 Å². The molecule has 0 radical (unpaired) electrons. The molecule has 1 N–H and O–H groups in total. The van der Waals surface area contributed by atoms with E-state index in [-0.39, 0.29) is 12.2 Å². The van der Waals surface area contributed by atoms with Crippen molar-refractivity contribution in [2.45, 2.75) is 13.3 Å². The molecule has 0 saturated carbocycles. The molecule has 1 aromatic heterocycles. The zero-order valence-electron chi connectivity index (χ0n) is 11.8. The number of benzene rings is 1. The van der Waals surface area contributed by atoms with E-state index in [1.165, 1.54) is 0 Å². The van der Waals surface area contributed by atoms with Gasteiger partial charge < -0.3 is 10.2 Å². The van der Waals surface area contributed by atoms with Crippen molar-refractivity contribution in [2.24, 2.45) is 0 Å². The molecular formula is C15H16FN5. The van der Waals surface area contributed by atoms with Gasteiger partial charge in [0, 0.05) is 18.8 Å². The van der Waals surface area contributed by atoms with Crippen molar-refractivity contribution >= 4 is 17.5 Å². The lowest BCUT2D eigenvalue weighted by Crippen LogP contribution is -2.21. The molecule has 108 valence electrons. The average molecular weight is 285 g/mol. The van der Waals surface area contributed by atoms with Gasteiger partial charge in [-0.3, -0.25) is 0 Å². The molecule has 21 heavy (non-hydrogen) atoms. The van der Waals surface area contributed by atoms with Crippen LogP contribution < -0.4 is 10.2 Å². The van der Waals surface area contributed by atoms with Crippen LogP contribution in [0.2, 0.25) is 0 Å². The van der Waals surface area contributed by atoms with E-state index in [0.29, 0.717) is 19.0 Å². The zero-order chi connectivity index (χ0) is 15.1. The molecule has 2 rings (SSSR count). The summed E-state index contributed by atoms with van der Waals surface area (Å²) in [6.07, 6.45) is 1.41. The van der Waals surface area contributed by atoms with Crippen molar-refractivity contribution in [3.8, 4) is 6.07 Å². The molecule has 1 aromatic carbocycles. The predicted molar refractivity (Wildman–Crippen MR) is 79.8 cm³/mol. The van der Waals surface area contributed by atoms with Crippen LogP contribution in [0.1, 0.15) is 13.3 Å². The van der Waals surface area contributed by atoms with Crippen LogP contribution in [0, 0.1) is 17.1 Å². The molecule has 0 aliphatic carbocycles. The van der Waals surface area contributed by atoms with Crippen molar-refractivity contribution in [3.63, 3.8) is 0 Å². The summed E-state index contributed by atoms with van der Waals surface area (Å²) >= 11 is 0. The van der Waals surface area contributed by atoms with Gasteiger partial charge in [0.25, 0.3) is 0 Å². The molecule has 0 bridgehead atoms. The number of aromatic nitrogens is 2. The standard InChI is InChI=1S/C15H16FN5/c1-2-18-15-19-11-13(16)14(20-15)21(10-6-9-17)12-7-4-3-5-8-12/h3-5,7-8,11H,2,6,10H2,1H3,(H,18,19,20). The SMILES string of the molecule is CCNc1ncc(F)c(N(CCC#N)c2ccccc2)n1. The maximum atomic E-state index is 14.1. The van der Waals surface area contributed by atoms with E-state index in [0.717, 1.165) is 11.9 Å². The molecule has 0 fully saturated rings. The predicted octanol–water partition coefficient (Wildman–Crippen LogP) is 3.10. The van der Waals surface area contributed by atoms with Gasteiger partial charge in [-0.2, -0.15) is 10.2 Å². The Morgan fingerprint density at radius 2 is 2.10 bits per heavy atom. The number of halogens is 1. The molecule has 5 nitrogen and oxygen atoms in total. The first-order chi connectivity index (χ1) is 10.3. The molecule has 1 heterocycles. The minimum Gasteiger partial charge on any atom is -0.354 e. The number of hydrogen-bond acceptors (Lipinski definition) is 5. The van der Waals surface area contributed by atoms with Crippen molar-refractivity contribution in [2.75, 3.05) is 23.3 Å². The number of hydrogen-bond donors (Lipinski definition) is 1. The summed E-state index contributed by atoms with van der Waals surface area (Å²) in [6.45, 7) is 2.92. The lowest BCUT2D eigenvalue weighted by atomic mass is 10.2. The summed E-state index contributed by atoms with van der Waals surface area (Å²) in [5.74, 6) is 0.0210. The minimum atomic E-state index is -0.515. The van der Waals surface area contributed by atoms with Crippen molar-refractivity contribution in [3.05, 3.63) is 42.3 Å². The van der Waals surface area contributed by atoms with E-state index in [4.69, 9.17) is 5.26 Å². The monoisotopic (exact) mass is 285 g/mol. The molecule has 0 atom stereocenters. The normalized spacial score (nSPS) is 9.95. The van der Waals surface area contributed by atoms with Crippen LogP contribution in [0.25, 0.3) is 0 Å². The molecule has 0 aliphatic heterocycles. The molecule has 2 aromatic rings. The van der Waals surface area contributed by atoms with Crippen molar-refractivity contribution < 1.29 is 4.39 Å². The molecule has 0 amide bonds. The van der Waals surface area contributed by atoms with E-state index in [9.17, 15) is 4.39 Å². The minimum absolute atomic E-state index is 0.169. The number of para-hydroxylation sites is 1. The second-order valence-corrected chi connectivity index (χ2v) is 4.29. The van der Waals surface area contributed by atoms with Gasteiger partial charge in [0.2, 0.25) is 5.95 Å². The lowest BCUT2D eigenvalue weighted by molar-refractivity contribution is 0.611. The van der Waals surface area contributed by atoms with Crippen LogP contribution in [-0.4, -0.2) is 23.1 Å². The van der Waals surface area contributed by atoms with Gasteiger partial charge in [0.1, 0.15) is 0 Å². The smallest absolute Gasteiger partial charge is 0.224 e. The Hall–Kier alpha value is -2.68. The fourth-order valence-electron chi connectivity index (χ4n) is 1.92. The van der Waals surface area contributed by atoms with Gasteiger partial charge in [-0.1, -0.05) is 18.2 Å². The Morgan fingerprint density at radius 1 is 1.33 bits per heavy atom. The highest BCUT2D eigenvalue weighted by Crippen LogP contribution is 2.26. The molecule has 0 spiro atoms. The zero-order valence-corrected chi connectivity index (χ0v) is 11.8. The second-order valence-electron chi connectivity index (χ2n) is 4.29. The van der Waals surface area contributed by atoms with Gasteiger partial charge in [-0.05, 0) is 19.1 Å². The second kappa shape index (κ2) is 7.20. The van der Waals surface area contributed by atoms with E-state index in [2.05, 4.69) is 21.4 Å². The van der Waals surface area contributed by atoms with Gasteiger partial charge in [-0.15, -0.1) is 0 Å². The first kappa shape index (κ1) is 14.7. The number of anilines is 3. The summed E-state index contributed by atoms with van der Waals surface area (Å²) in [5, 5.41) is 11.8. The Morgan fingerprint density at radius 3 is 2.76 bits per heavy atom. The highest BCUT2D eigenvalue weighted by Gasteiger charge is 2.16. The topological polar surface area (TPSA) is 64.8 Å². The van der Waals surface area contributed by atoms with Crippen LogP contribution in [0.3, 0.4) is 0 Å². The number of nitrogens with one attached hydrogen (secondary N) is 1. The van der Waals surface area contributed by atoms with Crippen LogP contribution in [-0.2, 0) is 0 Å². The molecule has 0 aliphatic rings. The van der Waals surface area contributed by atoms with Crippen LogP contribution in [0.5, 0.6) is 0 Å². The summed E-state index contributed by atoms with van der Waals surface area (Å²) in [5.41, 5.74) is 0.785. The van der Waals surface area contributed by atoms with Gasteiger partial charge in [0.15, 0.2) is 11.6 Å². The molecular weight excluding hydrogens is 269 g/mol. The first-order valence-electron chi connectivity index (χ1n) is 6.72. The third-order valence-corrected chi connectivity index (χ3v) is 2.83. The molecule has 6 heteroatoms. The third kappa shape index (κ3) is 3.66. The Balaban J connectivity index is 2.41. The number of nitrogens with zero attached hydrogens (tertiary/aromatic N) is 4. The lowest BCUT2D eigenvalue weighted by Gasteiger charge is -2.23. The number of nitriles is 1. The fraction of sp³-hybridized carbons (Fsp3) is 0.267. The van der Waals surface area contributed by atoms with Crippen molar-refractivity contribution in [1.82, 2.24) is 9.97 Å². The fourth-order valence-corrected chi connectivity index (χ4v) is 1.92. The summed E-state index contributed by atoms with van der Waals surface area (Å²) in [6, 6.07) is 11.4. The summed E-state index contributed by atoms with van der Waals surface area (Å²) in [4.78, 5) is 9.79. The number of rotatable bonds is 6. The van der Waals surface area contributed by atoms with Crippen molar-refractivity contribution in [1.29, 1.82) is 5.26 Å². The molecule has 0 unspecified atom stereocenters. The van der Waals surface area contributed by atoms with Gasteiger partial charge in [-0.25, -0.2) is 9.37 Å². The quantitative estimate of drug-likeness (QED) is 0.883.